The van der Waals surface area contributed by atoms with Gasteiger partial charge in [-0.25, -0.2) is 0 Å². The molecule has 2 nitrogen and oxygen atoms in total. The molecule has 0 radical (unpaired) electrons. The Morgan fingerprint density at radius 3 is 3.06 bits per heavy atom. The minimum absolute atomic E-state index is 0.286. The zero-order valence-corrected chi connectivity index (χ0v) is 9.63. The third-order valence-electron chi connectivity index (χ3n) is 3.37. The second-order valence-corrected chi connectivity index (χ2v) is 4.55. The number of pyridine rings is 1. The number of nitrogens with zero attached hydrogens (tertiary/aromatic N) is 1. The van der Waals surface area contributed by atoms with Gasteiger partial charge in [0, 0.05) is 17.8 Å². The van der Waals surface area contributed by atoms with Gasteiger partial charge in [-0.05, 0) is 41.9 Å². The Labute approximate surface area is 101 Å². The fraction of sp³-hybridized carbons (Fsp3) is 0.267. The van der Waals surface area contributed by atoms with Gasteiger partial charge < -0.3 is 5.11 Å². The lowest BCUT2D eigenvalue weighted by atomic mass is 9.90. The maximum Gasteiger partial charge on any atom is 0.0726 e. The van der Waals surface area contributed by atoms with Gasteiger partial charge in [-0.15, -0.1) is 0 Å². The quantitative estimate of drug-likeness (QED) is 0.808. The van der Waals surface area contributed by atoms with Crippen LogP contribution in [0.25, 0.3) is 16.3 Å². The van der Waals surface area contributed by atoms with Crippen molar-refractivity contribution in [3.05, 3.63) is 48.3 Å². The maximum atomic E-state index is 9.72. The lowest BCUT2D eigenvalue weighted by molar-refractivity contribution is 0.206. The van der Waals surface area contributed by atoms with Crippen LogP contribution < -0.4 is 0 Å². The van der Waals surface area contributed by atoms with E-state index in [0.717, 1.165) is 19.3 Å². The summed E-state index contributed by atoms with van der Waals surface area (Å²) in [5.74, 6) is 0. The van der Waals surface area contributed by atoms with Crippen molar-refractivity contribution in [3.63, 3.8) is 0 Å². The van der Waals surface area contributed by atoms with Crippen molar-refractivity contribution in [3.8, 4) is 0 Å². The highest BCUT2D eigenvalue weighted by molar-refractivity contribution is 5.93. The molecule has 86 valence electrons. The molecule has 2 heteroatoms. The standard InChI is InChI=1S/C15H15NO/c17-13-5-1-4-12(9-13)14-6-2-3-11-7-8-16-10-15(11)14/h2-3,6-10,13,17H,1,4-5H2. The zero-order chi connectivity index (χ0) is 11.7. The number of fused-ring (bicyclic) bond motifs is 1. The van der Waals surface area contributed by atoms with Crippen LogP contribution in [-0.4, -0.2) is 16.2 Å². The topological polar surface area (TPSA) is 33.1 Å². The maximum absolute atomic E-state index is 9.72. The highest BCUT2D eigenvalue weighted by Crippen LogP contribution is 2.31. The van der Waals surface area contributed by atoms with Gasteiger partial charge in [0.2, 0.25) is 0 Å². The highest BCUT2D eigenvalue weighted by atomic mass is 16.3. The van der Waals surface area contributed by atoms with E-state index in [1.165, 1.54) is 21.9 Å². The van der Waals surface area contributed by atoms with Crippen LogP contribution in [0.1, 0.15) is 24.8 Å². The molecule has 2 aromatic rings. The summed E-state index contributed by atoms with van der Waals surface area (Å²) in [5.41, 5.74) is 2.47. The first-order valence-corrected chi connectivity index (χ1v) is 6.06. The van der Waals surface area contributed by atoms with E-state index in [2.05, 4.69) is 23.2 Å². The molecular weight excluding hydrogens is 210 g/mol. The Hall–Kier alpha value is -1.67. The zero-order valence-electron chi connectivity index (χ0n) is 9.63. The third-order valence-corrected chi connectivity index (χ3v) is 3.37. The fourth-order valence-electron chi connectivity index (χ4n) is 2.52. The summed E-state index contributed by atoms with van der Waals surface area (Å²) in [6.07, 6.45) is 8.42. The number of rotatable bonds is 1. The van der Waals surface area contributed by atoms with Crippen LogP contribution in [0.3, 0.4) is 0 Å². The largest absolute Gasteiger partial charge is 0.389 e. The third kappa shape index (κ3) is 1.96. The summed E-state index contributed by atoms with van der Waals surface area (Å²) in [6, 6.07) is 8.31. The lowest BCUT2D eigenvalue weighted by Gasteiger charge is -2.18. The molecular formula is C15H15NO. The molecule has 3 rings (SSSR count). The van der Waals surface area contributed by atoms with Crippen molar-refractivity contribution in [2.45, 2.75) is 25.4 Å². The highest BCUT2D eigenvalue weighted by Gasteiger charge is 2.13. The minimum Gasteiger partial charge on any atom is -0.389 e. The summed E-state index contributed by atoms with van der Waals surface area (Å²) in [5, 5.41) is 12.1. The Kier molecular flexibility index (Phi) is 2.65. The molecule has 0 aliphatic heterocycles. The number of aromatic nitrogens is 1. The fourth-order valence-corrected chi connectivity index (χ4v) is 2.52. The Balaban J connectivity index is 2.17. The van der Waals surface area contributed by atoms with Crippen LogP contribution in [0.5, 0.6) is 0 Å². The minimum atomic E-state index is -0.286. The van der Waals surface area contributed by atoms with Gasteiger partial charge in [0.25, 0.3) is 0 Å². The first kappa shape index (κ1) is 10.5. The van der Waals surface area contributed by atoms with Gasteiger partial charge in [-0.2, -0.15) is 0 Å². The first-order chi connectivity index (χ1) is 8.34. The molecule has 0 saturated carbocycles. The van der Waals surface area contributed by atoms with Gasteiger partial charge in [0.05, 0.1) is 6.10 Å². The van der Waals surface area contributed by atoms with Crippen molar-refractivity contribution in [1.29, 1.82) is 0 Å². The molecule has 0 fully saturated rings. The average Bonchev–Trinajstić information content (AvgIpc) is 2.38. The van der Waals surface area contributed by atoms with E-state index in [4.69, 9.17) is 0 Å². The number of hydrogen-bond acceptors (Lipinski definition) is 2. The van der Waals surface area contributed by atoms with E-state index in [1.54, 1.807) is 0 Å². The van der Waals surface area contributed by atoms with E-state index >= 15 is 0 Å². The van der Waals surface area contributed by atoms with Crippen LogP contribution >= 0.6 is 0 Å². The molecule has 0 bridgehead atoms. The summed E-state index contributed by atoms with van der Waals surface area (Å²) in [7, 11) is 0. The predicted molar refractivity (Wildman–Crippen MR) is 69.6 cm³/mol. The summed E-state index contributed by atoms with van der Waals surface area (Å²) in [4.78, 5) is 4.20. The molecule has 1 aliphatic rings. The Morgan fingerprint density at radius 2 is 2.18 bits per heavy atom. The second kappa shape index (κ2) is 4.30. The van der Waals surface area contributed by atoms with Crippen LogP contribution in [0.15, 0.2) is 42.7 Å². The molecule has 0 spiro atoms. The van der Waals surface area contributed by atoms with Gasteiger partial charge in [-0.3, -0.25) is 4.98 Å². The molecule has 1 heterocycles. The van der Waals surface area contributed by atoms with Crippen LogP contribution in [0, 0.1) is 0 Å². The first-order valence-electron chi connectivity index (χ1n) is 6.06. The van der Waals surface area contributed by atoms with Crippen molar-refractivity contribution < 1.29 is 5.11 Å². The molecule has 1 unspecified atom stereocenters. The second-order valence-electron chi connectivity index (χ2n) is 4.55. The van der Waals surface area contributed by atoms with E-state index in [-0.39, 0.29) is 6.10 Å². The Morgan fingerprint density at radius 1 is 1.24 bits per heavy atom. The van der Waals surface area contributed by atoms with Crippen molar-refractivity contribution in [1.82, 2.24) is 4.98 Å². The Bertz CT molecular complexity index is 569. The van der Waals surface area contributed by atoms with E-state index in [9.17, 15) is 5.11 Å². The molecule has 0 saturated heterocycles. The lowest BCUT2D eigenvalue weighted by Crippen LogP contribution is -2.08. The van der Waals surface area contributed by atoms with Crippen LogP contribution in [0.4, 0.5) is 0 Å². The normalized spacial score (nSPS) is 20.3. The van der Waals surface area contributed by atoms with E-state index in [0.29, 0.717) is 0 Å². The molecule has 1 N–H and O–H groups in total. The van der Waals surface area contributed by atoms with Gasteiger partial charge in [0.15, 0.2) is 0 Å². The van der Waals surface area contributed by atoms with Crippen molar-refractivity contribution in [2.75, 3.05) is 0 Å². The molecule has 1 aliphatic carbocycles. The molecule has 1 aromatic carbocycles. The predicted octanol–water partition coefficient (Wildman–Crippen LogP) is 3.16. The van der Waals surface area contributed by atoms with Crippen LogP contribution in [-0.2, 0) is 0 Å². The number of benzene rings is 1. The van der Waals surface area contributed by atoms with E-state index in [1.807, 2.05) is 24.5 Å². The summed E-state index contributed by atoms with van der Waals surface area (Å²) >= 11 is 0. The molecule has 17 heavy (non-hydrogen) atoms. The summed E-state index contributed by atoms with van der Waals surface area (Å²) < 4.78 is 0. The number of hydrogen-bond donors (Lipinski definition) is 1. The molecule has 1 atom stereocenters. The SMILES string of the molecule is OC1C=C(c2cccc3ccncc23)CCC1. The van der Waals surface area contributed by atoms with Gasteiger partial charge >= 0.3 is 0 Å². The van der Waals surface area contributed by atoms with Gasteiger partial charge in [0.1, 0.15) is 0 Å². The monoisotopic (exact) mass is 225 g/mol. The van der Waals surface area contributed by atoms with Crippen LogP contribution in [0.2, 0.25) is 0 Å². The summed E-state index contributed by atoms with van der Waals surface area (Å²) in [6.45, 7) is 0. The average molecular weight is 225 g/mol. The smallest absolute Gasteiger partial charge is 0.0726 e. The number of aliphatic hydroxyl groups is 1. The van der Waals surface area contributed by atoms with Crippen molar-refractivity contribution in [2.24, 2.45) is 0 Å². The number of allylic oxidation sites excluding steroid dienone is 1. The van der Waals surface area contributed by atoms with Crippen molar-refractivity contribution >= 4 is 16.3 Å². The van der Waals surface area contributed by atoms with Gasteiger partial charge in [-0.1, -0.05) is 24.3 Å². The molecule has 0 amide bonds. The molecule has 1 aromatic heterocycles. The van der Waals surface area contributed by atoms with E-state index < -0.39 is 0 Å². The number of aliphatic hydroxyl groups excluding tert-OH is 1.